The van der Waals surface area contributed by atoms with Crippen molar-refractivity contribution >= 4 is 11.9 Å². The SMILES string of the molecule is CC(C)CN(CCC(=O)O)C(=O)CCCc1nc(C(C)(C)C)no1. The van der Waals surface area contributed by atoms with E-state index in [1.54, 1.807) is 4.90 Å². The average molecular weight is 339 g/mol. The molecule has 24 heavy (non-hydrogen) atoms. The van der Waals surface area contributed by atoms with Crippen LogP contribution in [-0.2, 0) is 21.4 Å². The number of amides is 1. The normalized spacial score (nSPS) is 11.8. The fourth-order valence-corrected chi connectivity index (χ4v) is 2.20. The lowest BCUT2D eigenvalue weighted by Crippen LogP contribution is -2.35. The van der Waals surface area contributed by atoms with Crippen molar-refractivity contribution in [2.45, 2.75) is 65.7 Å². The molecule has 1 heterocycles. The van der Waals surface area contributed by atoms with E-state index in [2.05, 4.69) is 10.1 Å². The van der Waals surface area contributed by atoms with E-state index < -0.39 is 5.97 Å². The van der Waals surface area contributed by atoms with Crippen molar-refractivity contribution in [1.29, 1.82) is 0 Å². The summed E-state index contributed by atoms with van der Waals surface area (Å²) in [5.74, 6) is 0.575. The number of carboxylic acid groups (broad SMARTS) is 1. The molecule has 0 bridgehead atoms. The van der Waals surface area contributed by atoms with Crippen molar-refractivity contribution in [3.63, 3.8) is 0 Å². The Hall–Kier alpha value is -1.92. The molecule has 0 saturated heterocycles. The molecule has 1 aromatic rings. The van der Waals surface area contributed by atoms with E-state index in [-0.39, 0.29) is 24.3 Å². The first-order valence-corrected chi connectivity index (χ1v) is 8.42. The van der Waals surface area contributed by atoms with Gasteiger partial charge >= 0.3 is 5.97 Å². The number of hydrogen-bond acceptors (Lipinski definition) is 5. The zero-order chi connectivity index (χ0) is 18.3. The third-order valence-electron chi connectivity index (χ3n) is 3.45. The summed E-state index contributed by atoms with van der Waals surface area (Å²) in [6, 6.07) is 0. The second-order valence-corrected chi connectivity index (χ2v) is 7.49. The lowest BCUT2D eigenvalue weighted by Gasteiger charge is -2.24. The Labute approximate surface area is 143 Å². The summed E-state index contributed by atoms with van der Waals surface area (Å²) in [5, 5.41) is 12.8. The summed E-state index contributed by atoms with van der Waals surface area (Å²) in [7, 11) is 0. The average Bonchev–Trinajstić information content (AvgIpc) is 2.91. The lowest BCUT2D eigenvalue weighted by molar-refractivity contribution is -0.138. The van der Waals surface area contributed by atoms with Gasteiger partial charge in [0.15, 0.2) is 5.82 Å². The van der Waals surface area contributed by atoms with Gasteiger partial charge in [0.25, 0.3) is 0 Å². The molecule has 136 valence electrons. The summed E-state index contributed by atoms with van der Waals surface area (Å²) >= 11 is 0. The molecule has 7 heteroatoms. The maximum absolute atomic E-state index is 12.3. The van der Waals surface area contributed by atoms with Gasteiger partial charge in [-0.1, -0.05) is 39.8 Å². The Morgan fingerprint density at radius 2 is 1.92 bits per heavy atom. The minimum Gasteiger partial charge on any atom is -0.481 e. The van der Waals surface area contributed by atoms with E-state index in [0.717, 1.165) is 0 Å². The number of carboxylic acids is 1. The summed E-state index contributed by atoms with van der Waals surface area (Å²) < 4.78 is 5.21. The second kappa shape index (κ2) is 8.80. The van der Waals surface area contributed by atoms with Crippen molar-refractivity contribution in [2.24, 2.45) is 5.92 Å². The first kappa shape index (κ1) is 20.1. The number of hydrogen-bond donors (Lipinski definition) is 1. The van der Waals surface area contributed by atoms with Crippen LogP contribution in [0.25, 0.3) is 0 Å². The van der Waals surface area contributed by atoms with E-state index >= 15 is 0 Å². The van der Waals surface area contributed by atoms with Crippen LogP contribution in [0.5, 0.6) is 0 Å². The highest BCUT2D eigenvalue weighted by atomic mass is 16.5. The third kappa shape index (κ3) is 7.10. The molecule has 0 saturated carbocycles. The van der Waals surface area contributed by atoms with Gasteiger partial charge in [0.2, 0.25) is 11.8 Å². The quantitative estimate of drug-likeness (QED) is 0.743. The van der Waals surface area contributed by atoms with Crippen LogP contribution in [0.15, 0.2) is 4.52 Å². The molecule has 0 atom stereocenters. The topological polar surface area (TPSA) is 96.5 Å². The van der Waals surface area contributed by atoms with Crippen LogP contribution in [0.1, 0.15) is 65.6 Å². The molecule has 0 spiro atoms. The lowest BCUT2D eigenvalue weighted by atomic mass is 9.96. The molecule has 0 aromatic carbocycles. The van der Waals surface area contributed by atoms with Gasteiger partial charge in [-0.25, -0.2) is 0 Å². The van der Waals surface area contributed by atoms with Crippen LogP contribution in [0.3, 0.4) is 0 Å². The molecule has 0 radical (unpaired) electrons. The van der Waals surface area contributed by atoms with E-state index in [1.807, 2.05) is 34.6 Å². The van der Waals surface area contributed by atoms with Crippen LogP contribution in [0.2, 0.25) is 0 Å². The van der Waals surface area contributed by atoms with Crippen LogP contribution in [0.4, 0.5) is 0 Å². The Bertz CT molecular complexity index is 546. The van der Waals surface area contributed by atoms with Crippen molar-refractivity contribution in [1.82, 2.24) is 15.0 Å². The smallest absolute Gasteiger partial charge is 0.305 e. The predicted octanol–water partition coefficient (Wildman–Crippen LogP) is 2.65. The largest absolute Gasteiger partial charge is 0.481 e. The first-order chi connectivity index (χ1) is 11.1. The van der Waals surface area contributed by atoms with Gasteiger partial charge < -0.3 is 14.5 Å². The van der Waals surface area contributed by atoms with Crippen molar-refractivity contribution < 1.29 is 19.2 Å². The number of aliphatic carboxylic acids is 1. The van der Waals surface area contributed by atoms with E-state index in [4.69, 9.17) is 9.63 Å². The van der Waals surface area contributed by atoms with E-state index in [1.165, 1.54) is 0 Å². The molecule has 0 fully saturated rings. The summed E-state index contributed by atoms with van der Waals surface area (Å²) in [5.41, 5.74) is -0.164. The van der Waals surface area contributed by atoms with Gasteiger partial charge in [0, 0.05) is 31.3 Å². The standard InChI is InChI=1S/C17H29N3O4/c1-12(2)11-20(10-9-15(22)23)14(21)8-6-7-13-18-16(19-24-13)17(3,4)5/h12H,6-11H2,1-5H3,(H,22,23). The Kier molecular flexibility index (Phi) is 7.38. The van der Waals surface area contributed by atoms with Gasteiger partial charge in [-0.05, 0) is 12.3 Å². The first-order valence-electron chi connectivity index (χ1n) is 8.42. The maximum Gasteiger partial charge on any atom is 0.305 e. The molecule has 1 rings (SSSR count). The molecule has 1 amide bonds. The van der Waals surface area contributed by atoms with Gasteiger partial charge in [-0.15, -0.1) is 0 Å². The molecule has 1 N–H and O–H groups in total. The fourth-order valence-electron chi connectivity index (χ4n) is 2.20. The summed E-state index contributed by atoms with van der Waals surface area (Å²) in [4.78, 5) is 29.0. The zero-order valence-electron chi connectivity index (χ0n) is 15.3. The molecular weight excluding hydrogens is 310 g/mol. The van der Waals surface area contributed by atoms with Crippen molar-refractivity contribution in [2.75, 3.05) is 13.1 Å². The predicted molar refractivity (Wildman–Crippen MR) is 89.6 cm³/mol. The molecular formula is C17H29N3O4. The third-order valence-corrected chi connectivity index (χ3v) is 3.45. The van der Waals surface area contributed by atoms with Gasteiger partial charge in [0.05, 0.1) is 6.42 Å². The minimum absolute atomic E-state index is 0.0273. The molecule has 0 unspecified atom stereocenters. The van der Waals surface area contributed by atoms with Crippen molar-refractivity contribution in [3.8, 4) is 0 Å². The van der Waals surface area contributed by atoms with E-state index in [9.17, 15) is 9.59 Å². The molecule has 0 aliphatic heterocycles. The Balaban J connectivity index is 2.49. The van der Waals surface area contributed by atoms with Gasteiger partial charge in [0.1, 0.15) is 0 Å². The molecule has 1 aromatic heterocycles. The molecule has 0 aliphatic rings. The highest BCUT2D eigenvalue weighted by Crippen LogP contribution is 2.19. The highest BCUT2D eigenvalue weighted by Gasteiger charge is 2.21. The van der Waals surface area contributed by atoms with E-state index in [0.29, 0.717) is 43.4 Å². The minimum atomic E-state index is -0.892. The number of carbonyl (C=O) groups excluding carboxylic acids is 1. The zero-order valence-corrected chi connectivity index (χ0v) is 15.3. The van der Waals surface area contributed by atoms with Crippen molar-refractivity contribution in [3.05, 3.63) is 11.7 Å². The Morgan fingerprint density at radius 1 is 1.25 bits per heavy atom. The maximum atomic E-state index is 12.3. The van der Waals surface area contributed by atoms with Crippen LogP contribution < -0.4 is 0 Å². The van der Waals surface area contributed by atoms with Crippen LogP contribution >= 0.6 is 0 Å². The molecule has 7 nitrogen and oxygen atoms in total. The highest BCUT2D eigenvalue weighted by molar-refractivity contribution is 5.77. The van der Waals surface area contributed by atoms with Gasteiger partial charge in [-0.2, -0.15) is 4.98 Å². The Morgan fingerprint density at radius 3 is 2.42 bits per heavy atom. The fraction of sp³-hybridized carbons (Fsp3) is 0.765. The molecule has 0 aliphatic carbocycles. The number of aromatic nitrogens is 2. The summed E-state index contributed by atoms with van der Waals surface area (Å²) in [6.07, 6.45) is 1.46. The van der Waals surface area contributed by atoms with Gasteiger partial charge in [-0.3, -0.25) is 9.59 Å². The van der Waals surface area contributed by atoms with Crippen LogP contribution in [0, 0.1) is 5.92 Å². The second-order valence-electron chi connectivity index (χ2n) is 7.49. The monoisotopic (exact) mass is 339 g/mol. The number of nitrogens with zero attached hydrogens (tertiary/aromatic N) is 3. The number of carbonyl (C=O) groups is 2. The summed E-state index contributed by atoms with van der Waals surface area (Å²) in [6.45, 7) is 10.9. The van der Waals surface area contributed by atoms with Crippen LogP contribution in [-0.4, -0.2) is 45.1 Å². The number of rotatable bonds is 9. The number of aryl methyl sites for hydroxylation is 1.